The first-order chi connectivity index (χ1) is 11.3. The molecule has 0 spiro atoms. The summed E-state index contributed by atoms with van der Waals surface area (Å²) in [7, 11) is 1.55. The standard InChI is InChI=1S/C17H20N4O2/c1-23-15-5-3-2-4-14(15)17(22)20-16-7-6-13(12-19-16)21-10-8-18-9-11-21/h2-7,12,18H,8-11H2,1H3,(H,19,20,22). The Balaban J connectivity index is 1.69. The molecule has 1 fully saturated rings. The zero-order chi connectivity index (χ0) is 16.1. The van der Waals surface area contributed by atoms with E-state index in [0.717, 1.165) is 31.9 Å². The molecule has 1 aliphatic rings. The van der Waals surface area contributed by atoms with E-state index in [2.05, 4.69) is 20.5 Å². The fourth-order valence-electron chi connectivity index (χ4n) is 2.59. The number of aromatic nitrogens is 1. The summed E-state index contributed by atoms with van der Waals surface area (Å²) in [4.78, 5) is 18.9. The Morgan fingerprint density at radius 3 is 2.70 bits per heavy atom. The number of amides is 1. The van der Waals surface area contributed by atoms with Crippen molar-refractivity contribution in [3.63, 3.8) is 0 Å². The number of benzene rings is 1. The van der Waals surface area contributed by atoms with Crippen LogP contribution in [0, 0.1) is 0 Å². The van der Waals surface area contributed by atoms with Crippen molar-refractivity contribution in [2.24, 2.45) is 0 Å². The van der Waals surface area contributed by atoms with Gasteiger partial charge in [0.15, 0.2) is 0 Å². The van der Waals surface area contributed by atoms with Gasteiger partial charge in [-0.2, -0.15) is 0 Å². The predicted molar refractivity (Wildman–Crippen MR) is 90.3 cm³/mol. The summed E-state index contributed by atoms with van der Waals surface area (Å²) >= 11 is 0. The molecule has 0 unspecified atom stereocenters. The maximum absolute atomic E-state index is 12.3. The smallest absolute Gasteiger partial charge is 0.260 e. The number of hydrogen-bond acceptors (Lipinski definition) is 5. The quantitative estimate of drug-likeness (QED) is 0.900. The van der Waals surface area contributed by atoms with Gasteiger partial charge in [-0.15, -0.1) is 0 Å². The van der Waals surface area contributed by atoms with Crippen LogP contribution in [0.25, 0.3) is 0 Å². The Hall–Kier alpha value is -2.60. The van der Waals surface area contributed by atoms with Crippen molar-refractivity contribution in [3.8, 4) is 5.75 Å². The molecule has 1 aliphatic heterocycles. The van der Waals surface area contributed by atoms with Gasteiger partial charge in [0, 0.05) is 26.2 Å². The van der Waals surface area contributed by atoms with Gasteiger partial charge in [-0.1, -0.05) is 12.1 Å². The molecule has 1 amide bonds. The lowest BCUT2D eigenvalue weighted by Gasteiger charge is -2.29. The van der Waals surface area contributed by atoms with Crippen LogP contribution in [0.2, 0.25) is 0 Å². The van der Waals surface area contributed by atoms with Crippen LogP contribution in [0.5, 0.6) is 5.75 Å². The molecule has 0 aliphatic carbocycles. The largest absolute Gasteiger partial charge is 0.496 e. The van der Waals surface area contributed by atoms with Gasteiger partial charge in [-0.05, 0) is 24.3 Å². The maximum atomic E-state index is 12.3. The average molecular weight is 312 g/mol. The van der Waals surface area contributed by atoms with Crippen molar-refractivity contribution < 1.29 is 9.53 Å². The van der Waals surface area contributed by atoms with Crippen molar-refractivity contribution in [1.29, 1.82) is 0 Å². The Kier molecular flexibility index (Phi) is 4.73. The van der Waals surface area contributed by atoms with E-state index < -0.39 is 0 Å². The Labute approximate surface area is 135 Å². The SMILES string of the molecule is COc1ccccc1C(=O)Nc1ccc(N2CCNCC2)cn1. The molecule has 2 N–H and O–H groups in total. The minimum absolute atomic E-state index is 0.232. The minimum atomic E-state index is -0.232. The van der Waals surface area contributed by atoms with E-state index >= 15 is 0 Å². The van der Waals surface area contributed by atoms with Crippen LogP contribution in [-0.2, 0) is 0 Å². The predicted octanol–water partition coefficient (Wildman–Crippen LogP) is 1.75. The summed E-state index contributed by atoms with van der Waals surface area (Å²) in [5.41, 5.74) is 1.56. The number of nitrogens with one attached hydrogen (secondary N) is 2. The Morgan fingerprint density at radius 1 is 1.22 bits per heavy atom. The Morgan fingerprint density at radius 2 is 2.00 bits per heavy atom. The van der Waals surface area contributed by atoms with E-state index in [0.29, 0.717) is 17.1 Å². The molecule has 120 valence electrons. The zero-order valence-corrected chi connectivity index (χ0v) is 13.1. The van der Waals surface area contributed by atoms with Crippen LogP contribution in [0.15, 0.2) is 42.6 Å². The molecule has 1 aromatic carbocycles. The second-order valence-electron chi connectivity index (χ2n) is 5.29. The molecule has 0 saturated carbocycles. The summed E-state index contributed by atoms with van der Waals surface area (Å²) in [6, 6.07) is 10.9. The molecule has 0 radical (unpaired) electrons. The normalized spacial score (nSPS) is 14.4. The number of carbonyl (C=O) groups excluding carboxylic acids is 1. The molecule has 0 bridgehead atoms. The molecule has 0 atom stereocenters. The van der Waals surface area contributed by atoms with E-state index in [4.69, 9.17) is 4.74 Å². The third-order valence-corrected chi connectivity index (χ3v) is 3.82. The number of rotatable bonds is 4. The molecule has 3 rings (SSSR count). The third kappa shape index (κ3) is 3.60. The molecule has 23 heavy (non-hydrogen) atoms. The van der Waals surface area contributed by atoms with E-state index in [1.54, 1.807) is 31.5 Å². The van der Waals surface area contributed by atoms with Gasteiger partial charge in [0.1, 0.15) is 11.6 Å². The number of para-hydroxylation sites is 1. The van der Waals surface area contributed by atoms with Gasteiger partial charge >= 0.3 is 0 Å². The summed E-state index contributed by atoms with van der Waals surface area (Å²) < 4.78 is 5.21. The second-order valence-corrected chi connectivity index (χ2v) is 5.29. The van der Waals surface area contributed by atoms with Gasteiger partial charge in [0.25, 0.3) is 5.91 Å². The van der Waals surface area contributed by atoms with Gasteiger partial charge in [0.2, 0.25) is 0 Å². The van der Waals surface area contributed by atoms with Gasteiger partial charge in [0.05, 0.1) is 24.6 Å². The fourth-order valence-corrected chi connectivity index (χ4v) is 2.59. The first kappa shape index (κ1) is 15.3. The fraction of sp³-hybridized carbons (Fsp3) is 0.294. The molecule has 2 aromatic rings. The number of pyridine rings is 1. The van der Waals surface area contributed by atoms with Crippen molar-refractivity contribution >= 4 is 17.4 Å². The van der Waals surface area contributed by atoms with Crippen LogP contribution in [0.1, 0.15) is 10.4 Å². The molecule has 6 nitrogen and oxygen atoms in total. The first-order valence-electron chi connectivity index (χ1n) is 7.64. The van der Waals surface area contributed by atoms with E-state index in [-0.39, 0.29) is 5.91 Å². The van der Waals surface area contributed by atoms with Gasteiger partial charge < -0.3 is 20.3 Å². The minimum Gasteiger partial charge on any atom is -0.496 e. The first-order valence-corrected chi connectivity index (χ1v) is 7.64. The molecule has 1 aromatic heterocycles. The van der Waals surface area contributed by atoms with Crippen molar-refractivity contribution in [1.82, 2.24) is 10.3 Å². The maximum Gasteiger partial charge on any atom is 0.260 e. The van der Waals surface area contributed by atoms with Crippen molar-refractivity contribution in [2.75, 3.05) is 43.5 Å². The highest BCUT2D eigenvalue weighted by molar-refractivity contribution is 6.05. The number of methoxy groups -OCH3 is 1. The number of nitrogens with zero attached hydrogens (tertiary/aromatic N) is 2. The molecular weight excluding hydrogens is 292 g/mol. The lowest BCUT2D eigenvalue weighted by molar-refractivity contribution is 0.102. The summed E-state index contributed by atoms with van der Waals surface area (Å²) in [5.74, 6) is 0.840. The Bertz CT molecular complexity index is 667. The highest BCUT2D eigenvalue weighted by Gasteiger charge is 2.13. The van der Waals surface area contributed by atoms with Crippen molar-refractivity contribution in [3.05, 3.63) is 48.2 Å². The van der Waals surface area contributed by atoms with Gasteiger partial charge in [-0.3, -0.25) is 4.79 Å². The van der Waals surface area contributed by atoms with E-state index in [1.165, 1.54) is 0 Å². The summed E-state index contributed by atoms with van der Waals surface area (Å²) in [5, 5.41) is 6.12. The van der Waals surface area contributed by atoms with Gasteiger partial charge in [-0.25, -0.2) is 4.98 Å². The highest BCUT2D eigenvalue weighted by Crippen LogP contribution is 2.20. The van der Waals surface area contributed by atoms with E-state index in [1.807, 2.05) is 18.2 Å². The van der Waals surface area contributed by atoms with Crippen LogP contribution < -0.4 is 20.3 Å². The highest BCUT2D eigenvalue weighted by atomic mass is 16.5. The average Bonchev–Trinajstić information content (AvgIpc) is 2.63. The number of ether oxygens (including phenoxy) is 1. The topological polar surface area (TPSA) is 66.5 Å². The number of anilines is 2. The van der Waals surface area contributed by atoms with E-state index in [9.17, 15) is 4.79 Å². The molecule has 2 heterocycles. The summed E-state index contributed by atoms with van der Waals surface area (Å²) in [6.07, 6.45) is 1.79. The number of carbonyl (C=O) groups is 1. The molecular formula is C17H20N4O2. The lowest BCUT2D eigenvalue weighted by Crippen LogP contribution is -2.43. The monoisotopic (exact) mass is 312 g/mol. The number of piperazine rings is 1. The van der Waals surface area contributed by atoms with Crippen LogP contribution in [-0.4, -0.2) is 44.2 Å². The lowest BCUT2D eigenvalue weighted by atomic mass is 10.2. The second kappa shape index (κ2) is 7.11. The summed E-state index contributed by atoms with van der Waals surface area (Å²) in [6.45, 7) is 3.89. The van der Waals surface area contributed by atoms with Crippen LogP contribution in [0.4, 0.5) is 11.5 Å². The van der Waals surface area contributed by atoms with Crippen LogP contribution >= 0.6 is 0 Å². The van der Waals surface area contributed by atoms with Crippen molar-refractivity contribution in [2.45, 2.75) is 0 Å². The van der Waals surface area contributed by atoms with Crippen LogP contribution in [0.3, 0.4) is 0 Å². The zero-order valence-electron chi connectivity index (χ0n) is 13.1. The third-order valence-electron chi connectivity index (χ3n) is 3.82. The molecule has 6 heteroatoms. The molecule has 1 saturated heterocycles. The number of hydrogen-bond donors (Lipinski definition) is 2.